The van der Waals surface area contributed by atoms with Crippen LogP contribution in [0.2, 0.25) is 4.34 Å². The molecule has 1 aromatic rings. The van der Waals surface area contributed by atoms with Crippen molar-refractivity contribution in [1.29, 1.82) is 0 Å². The summed E-state index contributed by atoms with van der Waals surface area (Å²) in [5, 5.41) is 0. The van der Waals surface area contributed by atoms with Crippen LogP contribution in [-0.4, -0.2) is 36.7 Å². The van der Waals surface area contributed by atoms with Crippen LogP contribution in [0.15, 0.2) is 12.1 Å². The summed E-state index contributed by atoms with van der Waals surface area (Å²) in [5.41, 5.74) is 6.39. The maximum Gasteiger partial charge on any atom is 0.0931 e. The van der Waals surface area contributed by atoms with Gasteiger partial charge in [-0.05, 0) is 25.0 Å². The molecule has 0 spiro atoms. The molecule has 3 unspecified atom stereocenters. The summed E-state index contributed by atoms with van der Waals surface area (Å²) >= 11 is 7.74. The van der Waals surface area contributed by atoms with E-state index in [0.717, 1.165) is 36.9 Å². The molecule has 2 heterocycles. The number of rotatable bonds is 5. The van der Waals surface area contributed by atoms with Crippen LogP contribution in [0.4, 0.5) is 0 Å². The van der Waals surface area contributed by atoms with E-state index in [-0.39, 0.29) is 12.1 Å². The van der Waals surface area contributed by atoms with Crippen molar-refractivity contribution in [1.82, 2.24) is 4.90 Å². The second kappa shape index (κ2) is 7.04. The van der Waals surface area contributed by atoms with Crippen molar-refractivity contribution in [2.24, 2.45) is 5.73 Å². The van der Waals surface area contributed by atoms with E-state index >= 15 is 0 Å². The third-order valence-corrected chi connectivity index (χ3v) is 5.17. The van der Waals surface area contributed by atoms with Gasteiger partial charge in [0.1, 0.15) is 0 Å². The number of halogens is 1. The minimum absolute atomic E-state index is 0.141. The molecule has 0 bridgehead atoms. The van der Waals surface area contributed by atoms with Crippen molar-refractivity contribution in [3.8, 4) is 0 Å². The van der Waals surface area contributed by atoms with Crippen molar-refractivity contribution in [3.05, 3.63) is 21.3 Å². The number of hydrogen-bond acceptors (Lipinski definition) is 4. The minimum Gasteiger partial charge on any atom is -0.378 e. The molecule has 1 saturated heterocycles. The Morgan fingerprint density at radius 3 is 2.89 bits per heavy atom. The van der Waals surface area contributed by atoms with Crippen molar-refractivity contribution < 1.29 is 4.74 Å². The summed E-state index contributed by atoms with van der Waals surface area (Å²) < 4.78 is 6.44. The average molecular weight is 303 g/mol. The summed E-state index contributed by atoms with van der Waals surface area (Å²) in [4.78, 5) is 3.79. The normalized spacial score (nSPS) is 24.3. The molecule has 0 radical (unpaired) electrons. The fraction of sp³-hybridized carbons (Fsp3) is 0.714. The quantitative estimate of drug-likeness (QED) is 0.907. The monoisotopic (exact) mass is 302 g/mol. The van der Waals surface area contributed by atoms with Gasteiger partial charge in [0, 0.05) is 23.5 Å². The molecule has 1 aromatic heterocycles. The van der Waals surface area contributed by atoms with Crippen molar-refractivity contribution >= 4 is 22.9 Å². The lowest BCUT2D eigenvalue weighted by Crippen LogP contribution is -2.51. The average Bonchev–Trinajstić information content (AvgIpc) is 2.85. The summed E-state index contributed by atoms with van der Waals surface area (Å²) in [7, 11) is 0. The number of hydrogen-bond donors (Lipinski definition) is 1. The van der Waals surface area contributed by atoms with Gasteiger partial charge in [0.15, 0.2) is 0 Å². The summed E-state index contributed by atoms with van der Waals surface area (Å²) in [5.74, 6) is 0. The predicted octanol–water partition coefficient (Wildman–Crippen LogP) is 3.29. The SMILES string of the molecule is CCC(N)C(c1ccc(Cl)s1)N1CCOCC1CC. The van der Waals surface area contributed by atoms with E-state index in [4.69, 9.17) is 22.1 Å². The highest BCUT2D eigenvalue weighted by molar-refractivity contribution is 7.16. The van der Waals surface area contributed by atoms with Gasteiger partial charge in [0.25, 0.3) is 0 Å². The fourth-order valence-electron chi connectivity index (χ4n) is 2.72. The number of nitrogens with zero attached hydrogens (tertiary/aromatic N) is 1. The highest BCUT2D eigenvalue weighted by atomic mass is 35.5. The highest BCUT2D eigenvalue weighted by Crippen LogP contribution is 2.35. The molecule has 1 fully saturated rings. The van der Waals surface area contributed by atoms with E-state index in [0.29, 0.717) is 6.04 Å². The molecule has 0 amide bonds. The van der Waals surface area contributed by atoms with E-state index < -0.39 is 0 Å². The molecule has 3 atom stereocenters. The summed E-state index contributed by atoms with van der Waals surface area (Å²) in [6.45, 7) is 6.91. The molecule has 0 saturated carbocycles. The Morgan fingerprint density at radius 1 is 1.53 bits per heavy atom. The van der Waals surface area contributed by atoms with Crippen LogP contribution in [0.25, 0.3) is 0 Å². The second-order valence-electron chi connectivity index (χ2n) is 5.03. The molecule has 1 aliphatic heterocycles. The van der Waals surface area contributed by atoms with Gasteiger partial charge in [0.2, 0.25) is 0 Å². The maximum absolute atomic E-state index is 6.39. The van der Waals surface area contributed by atoms with E-state index in [9.17, 15) is 0 Å². The van der Waals surface area contributed by atoms with Crippen molar-refractivity contribution in [2.45, 2.75) is 44.8 Å². The van der Waals surface area contributed by atoms with Crippen LogP contribution in [0.3, 0.4) is 0 Å². The van der Waals surface area contributed by atoms with Crippen molar-refractivity contribution in [3.63, 3.8) is 0 Å². The zero-order valence-corrected chi connectivity index (χ0v) is 13.2. The highest BCUT2D eigenvalue weighted by Gasteiger charge is 2.33. The lowest BCUT2D eigenvalue weighted by molar-refractivity contribution is -0.0354. The molecule has 2 rings (SSSR count). The molecule has 0 aromatic carbocycles. The van der Waals surface area contributed by atoms with Gasteiger partial charge in [-0.2, -0.15) is 0 Å². The zero-order valence-electron chi connectivity index (χ0n) is 11.6. The molecule has 108 valence electrons. The molecule has 2 N–H and O–H groups in total. The Labute approximate surface area is 124 Å². The van der Waals surface area contributed by atoms with Crippen LogP contribution in [0, 0.1) is 0 Å². The lowest BCUT2D eigenvalue weighted by atomic mass is 9.99. The Hall–Kier alpha value is -0.130. The van der Waals surface area contributed by atoms with E-state index in [1.54, 1.807) is 11.3 Å². The third kappa shape index (κ3) is 3.50. The molecule has 5 heteroatoms. The van der Waals surface area contributed by atoms with Gasteiger partial charge in [-0.25, -0.2) is 0 Å². The summed E-state index contributed by atoms with van der Waals surface area (Å²) in [6, 6.07) is 4.95. The van der Waals surface area contributed by atoms with Crippen molar-refractivity contribution in [2.75, 3.05) is 19.8 Å². The Balaban J connectivity index is 2.26. The third-order valence-electron chi connectivity index (χ3n) is 3.86. The van der Waals surface area contributed by atoms with Gasteiger partial charge in [-0.15, -0.1) is 11.3 Å². The predicted molar refractivity (Wildman–Crippen MR) is 81.9 cm³/mol. The van der Waals surface area contributed by atoms with Gasteiger partial charge in [0.05, 0.1) is 23.6 Å². The first-order valence-electron chi connectivity index (χ1n) is 7.01. The standard InChI is InChI=1S/C14H23ClN2OS/c1-3-10-9-18-8-7-17(10)14(11(16)4-2)12-5-6-13(15)19-12/h5-6,10-11,14H,3-4,7-9,16H2,1-2H3. The lowest BCUT2D eigenvalue weighted by Gasteiger charge is -2.42. The topological polar surface area (TPSA) is 38.5 Å². The Bertz CT molecular complexity index is 399. The molecule has 19 heavy (non-hydrogen) atoms. The Kier molecular flexibility index (Phi) is 5.66. The first-order chi connectivity index (χ1) is 9.17. The van der Waals surface area contributed by atoms with Crippen LogP contribution in [0.5, 0.6) is 0 Å². The molecule has 0 aliphatic carbocycles. The number of ether oxygens (including phenoxy) is 1. The van der Waals surface area contributed by atoms with Crippen LogP contribution >= 0.6 is 22.9 Å². The number of thiophene rings is 1. The first-order valence-corrected chi connectivity index (χ1v) is 8.21. The van der Waals surface area contributed by atoms with E-state index in [1.807, 2.05) is 6.07 Å². The van der Waals surface area contributed by atoms with Crippen LogP contribution in [-0.2, 0) is 4.74 Å². The van der Waals surface area contributed by atoms with Crippen LogP contribution < -0.4 is 5.73 Å². The molecular weight excluding hydrogens is 280 g/mol. The molecular formula is C14H23ClN2OS. The largest absolute Gasteiger partial charge is 0.378 e. The maximum atomic E-state index is 6.39. The Morgan fingerprint density at radius 2 is 2.32 bits per heavy atom. The summed E-state index contributed by atoms with van der Waals surface area (Å²) in [6.07, 6.45) is 2.06. The number of nitrogens with two attached hydrogens (primary N) is 1. The van der Waals surface area contributed by atoms with E-state index in [1.165, 1.54) is 4.88 Å². The van der Waals surface area contributed by atoms with Gasteiger partial charge < -0.3 is 10.5 Å². The van der Waals surface area contributed by atoms with Gasteiger partial charge >= 0.3 is 0 Å². The first kappa shape index (κ1) is 15.3. The smallest absolute Gasteiger partial charge is 0.0931 e. The van der Waals surface area contributed by atoms with E-state index in [2.05, 4.69) is 24.8 Å². The fourth-order valence-corrected chi connectivity index (χ4v) is 3.98. The molecule has 1 aliphatic rings. The van der Waals surface area contributed by atoms with Gasteiger partial charge in [-0.3, -0.25) is 4.90 Å². The van der Waals surface area contributed by atoms with Gasteiger partial charge in [-0.1, -0.05) is 25.4 Å². The minimum atomic E-state index is 0.141. The second-order valence-corrected chi connectivity index (χ2v) is 6.78. The molecule has 3 nitrogen and oxygen atoms in total. The zero-order chi connectivity index (χ0) is 13.8. The number of morpholine rings is 1. The van der Waals surface area contributed by atoms with Crippen LogP contribution in [0.1, 0.15) is 37.6 Å².